The van der Waals surface area contributed by atoms with Crippen LogP contribution in [0.2, 0.25) is 0 Å². The first kappa shape index (κ1) is 13.2. The van der Waals surface area contributed by atoms with Gasteiger partial charge < -0.3 is 14.9 Å². The summed E-state index contributed by atoms with van der Waals surface area (Å²) in [6.07, 6.45) is 4.70. The number of aliphatic carboxylic acids is 1. The van der Waals surface area contributed by atoms with Gasteiger partial charge in [-0.1, -0.05) is 13.3 Å². The van der Waals surface area contributed by atoms with Gasteiger partial charge in [0.1, 0.15) is 6.04 Å². The molecule has 18 heavy (non-hydrogen) atoms. The molecular weight excluding hydrogens is 232 g/mol. The molecule has 2 aliphatic rings. The maximum Gasteiger partial charge on any atom is 0.326 e. The molecule has 2 rings (SSSR count). The van der Waals surface area contributed by atoms with Crippen LogP contribution in [-0.2, 0) is 4.79 Å². The normalized spacial score (nSPS) is 28.5. The van der Waals surface area contributed by atoms with Crippen LogP contribution in [-0.4, -0.2) is 52.6 Å². The van der Waals surface area contributed by atoms with Crippen molar-refractivity contribution in [3.8, 4) is 0 Å². The lowest BCUT2D eigenvalue weighted by Crippen LogP contribution is -2.50. The number of carboxylic acids is 1. The smallest absolute Gasteiger partial charge is 0.326 e. The Morgan fingerprint density at radius 2 is 1.94 bits per heavy atom. The molecule has 2 aliphatic heterocycles. The van der Waals surface area contributed by atoms with E-state index in [0.29, 0.717) is 18.9 Å². The highest BCUT2D eigenvalue weighted by atomic mass is 16.4. The summed E-state index contributed by atoms with van der Waals surface area (Å²) in [4.78, 5) is 26.9. The van der Waals surface area contributed by atoms with Gasteiger partial charge in [0, 0.05) is 19.6 Å². The molecule has 0 saturated carbocycles. The number of hydrogen-bond acceptors (Lipinski definition) is 2. The molecule has 5 nitrogen and oxygen atoms in total. The van der Waals surface area contributed by atoms with Crippen molar-refractivity contribution in [1.29, 1.82) is 0 Å². The Morgan fingerprint density at radius 3 is 2.61 bits per heavy atom. The Kier molecular flexibility index (Phi) is 4.09. The Hall–Kier alpha value is -1.26. The van der Waals surface area contributed by atoms with Gasteiger partial charge in [0.2, 0.25) is 0 Å². The summed E-state index contributed by atoms with van der Waals surface area (Å²) < 4.78 is 0. The maximum absolute atomic E-state index is 12.4. The van der Waals surface area contributed by atoms with Crippen LogP contribution in [0.1, 0.15) is 39.0 Å². The first-order valence-corrected chi connectivity index (χ1v) is 6.91. The van der Waals surface area contributed by atoms with Crippen LogP contribution in [0.25, 0.3) is 0 Å². The highest BCUT2D eigenvalue weighted by Crippen LogP contribution is 2.24. The topological polar surface area (TPSA) is 60.9 Å². The van der Waals surface area contributed by atoms with Crippen molar-refractivity contribution in [2.24, 2.45) is 5.92 Å². The number of amides is 2. The summed E-state index contributed by atoms with van der Waals surface area (Å²) in [5.74, 6) is -0.293. The molecule has 0 aromatic carbocycles. The minimum Gasteiger partial charge on any atom is -0.480 e. The predicted octanol–water partition coefficient (Wildman–Crippen LogP) is 1.78. The lowest BCUT2D eigenvalue weighted by Gasteiger charge is -2.36. The first-order chi connectivity index (χ1) is 8.63. The van der Waals surface area contributed by atoms with E-state index in [0.717, 1.165) is 32.4 Å². The molecule has 1 N–H and O–H groups in total. The minimum absolute atomic E-state index is 0.0712. The number of nitrogens with zero attached hydrogens (tertiary/aromatic N) is 2. The van der Waals surface area contributed by atoms with Crippen molar-refractivity contribution in [1.82, 2.24) is 9.80 Å². The van der Waals surface area contributed by atoms with E-state index in [2.05, 4.69) is 6.92 Å². The van der Waals surface area contributed by atoms with E-state index >= 15 is 0 Å². The van der Waals surface area contributed by atoms with Crippen molar-refractivity contribution < 1.29 is 14.7 Å². The van der Waals surface area contributed by atoms with E-state index < -0.39 is 12.0 Å². The summed E-state index contributed by atoms with van der Waals surface area (Å²) in [7, 11) is 0. The predicted molar refractivity (Wildman–Crippen MR) is 67.3 cm³/mol. The number of rotatable bonds is 2. The molecule has 2 fully saturated rings. The van der Waals surface area contributed by atoms with Crippen molar-refractivity contribution in [3.63, 3.8) is 0 Å². The second kappa shape index (κ2) is 5.59. The molecule has 2 amide bonds. The zero-order valence-electron chi connectivity index (χ0n) is 11.0. The zero-order chi connectivity index (χ0) is 13.1. The molecule has 0 aromatic heterocycles. The molecule has 5 heteroatoms. The van der Waals surface area contributed by atoms with Crippen LogP contribution in [0.3, 0.4) is 0 Å². The third kappa shape index (κ3) is 2.60. The fraction of sp³-hybridized carbons (Fsp3) is 0.846. The second-order valence-electron chi connectivity index (χ2n) is 5.33. The number of carbonyl (C=O) groups is 2. The molecule has 0 aliphatic carbocycles. The molecule has 2 saturated heterocycles. The lowest BCUT2D eigenvalue weighted by molar-refractivity contribution is -0.141. The van der Waals surface area contributed by atoms with E-state index in [-0.39, 0.29) is 6.03 Å². The number of carboxylic acid groups (broad SMARTS) is 1. The maximum atomic E-state index is 12.4. The van der Waals surface area contributed by atoms with Gasteiger partial charge in [0.05, 0.1) is 0 Å². The van der Waals surface area contributed by atoms with Crippen LogP contribution in [0.15, 0.2) is 0 Å². The fourth-order valence-electron chi connectivity index (χ4n) is 3.01. The highest BCUT2D eigenvalue weighted by Gasteiger charge is 2.37. The molecule has 0 radical (unpaired) electrons. The van der Waals surface area contributed by atoms with Crippen molar-refractivity contribution in [3.05, 3.63) is 0 Å². The van der Waals surface area contributed by atoms with Gasteiger partial charge in [-0.2, -0.15) is 0 Å². The summed E-state index contributed by atoms with van der Waals surface area (Å²) in [6.45, 7) is 4.30. The number of carbonyl (C=O) groups excluding carboxylic acids is 1. The molecule has 2 unspecified atom stereocenters. The molecule has 2 atom stereocenters. The summed E-state index contributed by atoms with van der Waals surface area (Å²) in [5, 5.41) is 9.12. The van der Waals surface area contributed by atoms with E-state index in [1.54, 1.807) is 4.90 Å². The number of likely N-dealkylation sites (tertiary alicyclic amines) is 2. The molecule has 0 spiro atoms. The molecular formula is C13H22N2O3. The van der Waals surface area contributed by atoms with Crippen LogP contribution in [0.4, 0.5) is 4.79 Å². The minimum atomic E-state index is -0.870. The summed E-state index contributed by atoms with van der Waals surface area (Å²) in [5.41, 5.74) is 0. The van der Waals surface area contributed by atoms with E-state index in [9.17, 15) is 9.59 Å². The molecule has 0 bridgehead atoms. The SMILES string of the molecule is CCC1CCCN(C(=O)N2CCCC2C(=O)O)C1. The fourth-order valence-corrected chi connectivity index (χ4v) is 3.01. The van der Waals surface area contributed by atoms with E-state index in [1.165, 1.54) is 6.42 Å². The van der Waals surface area contributed by atoms with Gasteiger partial charge in [-0.25, -0.2) is 9.59 Å². The van der Waals surface area contributed by atoms with E-state index in [4.69, 9.17) is 5.11 Å². The van der Waals surface area contributed by atoms with Crippen LogP contribution in [0.5, 0.6) is 0 Å². The second-order valence-corrected chi connectivity index (χ2v) is 5.33. The monoisotopic (exact) mass is 254 g/mol. The van der Waals surface area contributed by atoms with E-state index in [1.807, 2.05) is 4.90 Å². The molecule has 0 aromatic rings. The quantitative estimate of drug-likeness (QED) is 0.817. The average Bonchev–Trinajstić information content (AvgIpc) is 2.87. The Balaban J connectivity index is 1.99. The molecule has 2 heterocycles. The van der Waals surface area contributed by atoms with Crippen molar-refractivity contribution in [2.45, 2.75) is 45.1 Å². The summed E-state index contributed by atoms with van der Waals surface area (Å²) in [6, 6.07) is -0.683. The highest BCUT2D eigenvalue weighted by molar-refractivity contribution is 5.83. The largest absolute Gasteiger partial charge is 0.480 e. The van der Waals surface area contributed by atoms with Gasteiger partial charge >= 0.3 is 12.0 Å². The lowest BCUT2D eigenvalue weighted by atomic mass is 9.96. The van der Waals surface area contributed by atoms with Crippen LogP contribution in [0, 0.1) is 5.92 Å². The van der Waals surface area contributed by atoms with Crippen molar-refractivity contribution >= 4 is 12.0 Å². The Morgan fingerprint density at radius 1 is 1.22 bits per heavy atom. The van der Waals surface area contributed by atoms with Gasteiger partial charge in [0.25, 0.3) is 0 Å². The molecule has 102 valence electrons. The van der Waals surface area contributed by atoms with Gasteiger partial charge in [-0.3, -0.25) is 0 Å². The Labute approximate surface area is 108 Å². The standard InChI is InChI=1S/C13H22N2O3/c1-2-10-5-3-7-14(9-10)13(18)15-8-4-6-11(15)12(16)17/h10-11H,2-9H2,1H3,(H,16,17). The number of hydrogen-bond donors (Lipinski definition) is 1. The Bertz CT molecular complexity index is 332. The van der Waals surface area contributed by atoms with Crippen molar-refractivity contribution in [2.75, 3.05) is 19.6 Å². The summed E-state index contributed by atoms with van der Waals surface area (Å²) >= 11 is 0. The van der Waals surface area contributed by atoms with Crippen LogP contribution < -0.4 is 0 Å². The average molecular weight is 254 g/mol. The number of piperidine rings is 1. The zero-order valence-corrected chi connectivity index (χ0v) is 11.0. The van der Waals surface area contributed by atoms with Crippen LogP contribution >= 0.6 is 0 Å². The first-order valence-electron chi connectivity index (χ1n) is 6.91. The van der Waals surface area contributed by atoms with Gasteiger partial charge in [0.15, 0.2) is 0 Å². The van der Waals surface area contributed by atoms with Gasteiger partial charge in [-0.05, 0) is 31.6 Å². The third-order valence-electron chi connectivity index (χ3n) is 4.15. The third-order valence-corrected chi connectivity index (χ3v) is 4.15. The number of urea groups is 1. The van der Waals surface area contributed by atoms with Gasteiger partial charge in [-0.15, -0.1) is 0 Å².